The first-order chi connectivity index (χ1) is 6.31. The van der Waals surface area contributed by atoms with Crippen molar-refractivity contribution in [2.45, 2.75) is 26.4 Å². The molecule has 0 amide bonds. The number of pyridine rings is 1. The van der Waals surface area contributed by atoms with Gasteiger partial charge in [-0.3, -0.25) is 0 Å². The number of aryl methyl sites for hydroxylation is 1. The Kier molecular flexibility index (Phi) is 2.51. The zero-order valence-electron chi connectivity index (χ0n) is 7.64. The molecule has 1 aromatic rings. The van der Waals surface area contributed by atoms with E-state index in [0.717, 1.165) is 25.1 Å². The summed E-state index contributed by atoms with van der Waals surface area (Å²) < 4.78 is 5.33. The van der Waals surface area contributed by atoms with Crippen LogP contribution in [0.1, 0.15) is 23.7 Å². The van der Waals surface area contributed by atoms with Crippen LogP contribution in [0.4, 0.5) is 0 Å². The second kappa shape index (κ2) is 3.64. The zero-order chi connectivity index (χ0) is 9.26. The molecule has 0 bridgehead atoms. The Morgan fingerprint density at radius 3 is 3.23 bits per heavy atom. The third-order valence-electron chi connectivity index (χ3n) is 2.39. The van der Waals surface area contributed by atoms with Gasteiger partial charge in [0.25, 0.3) is 0 Å². The molecule has 0 saturated carbocycles. The SMILES string of the molecule is CCc1cc(Cl)nc2c1CCOC2. The molecule has 2 rings (SSSR count). The first-order valence-electron chi connectivity index (χ1n) is 4.56. The quantitative estimate of drug-likeness (QED) is 0.645. The van der Waals surface area contributed by atoms with E-state index in [2.05, 4.69) is 11.9 Å². The summed E-state index contributed by atoms with van der Waals surface area (Å²) in [5, 5.41) is 0.584. The standard InChI is InChI=1S/C10H12ClNO/c1-2-7-5-10(11)12-9-6-13-4-3-8(7)9/h5H,2-4,6H2,1H3. The van der Waals surface area contributed by atoms with Gasteiger partial charge in [-0.15, -0.1) is 0 Å². The Balaban J connectivity index is 2.50. The van der Waals surface area contributed by atoms with Gasteiger partial charge in [-0.25, -0.2) is 4.98 Å². The van der Waals surface area contributed by atoms with Gasteiger partial charge in [0.1, 0.15) is 5.15 Å². The van der Waals surface area contributed by atoms with Crippen molar-refractivity contribution in [3.05, 3.63) is 28.0 Å². The first-order valence-corrected chi connectivity index (χ1v) is 4.94. The minimum atomic E-state index is 0.584. The van der Waals surface area contributed by atoms with E-state index in [9.17, 15) is 0 Å². The maximum Gasteiger partial charge on any atom is 0.129 e. The molecule has 0 radical (unpaired) electrons. The summed E-state index contributed by atoms with van der Waals surface area (Å²) in [6.07, 6.45) is 1.99. The van der Waals surface area contributed by atoms with Crippen LogP contribution >= 0.6 is 11.6 Å². The summed E-state index contributed by atoms with van der Waals surface area (Å²) in [5.74, 6) is 0. The van der Waals surface area contributed by atoms with Gasteiger partial charge in [0.05, 0.1) is 18.9 Å². The molecule has 0 fully saturated rings. The molecule has 1 aromatic heterocycles. The van der Waals surface area contributed by atoms with Crippen molar-refractivity contribution < 1.29 is 4.74 Å². The van der Waals surface area contributed by atoms with Crippen LogP contribution in [0.3, 0.4) is 0 Å². The molecule has 2 heterocycles. The van der Waals surface area contributed by atoms with Crippen molar-refractivity contribution in [1.29, 1.82) is 0 Å². The average molecular weight is 198 g/mol. The van der Waals surface area contributed by atoms with Crippen LogP contribution < -0.4 is 0 Å². The largest absolute Gasteiger partial charge is 0.375 e. The highest BCUT2D eigenvalue weighted by molar-refractivity contribution is 6.29. The van der Waals surface area contributed by atoms with Gasteiger partial charge in [0, 0.05) is 0 Å². The molecule has 13 heavy (non-hydrogen) atoms. The Morgan fingerprint density at radius 1 is 1.62 bits per heavy atom. The topological polar surface area (TPSA) is 22.1 Å². The number of aromatic nitrogens is 1. The highest BCUT2D eigenvalue weighted by atomic mass is 35.5. The summed E-state index contributed by atoms with van der Waals surface area (Å²) in [5.41, 5.74) is 3.69. The van der Waals surface area contributed by atoms with Gasteiger partial charge < -0.3 is 4.74 Å². The lowest BCUT2D eigenvalue weighted by molar-refractivity contribution is 0.107. The predicted molar refractivity (Wildman–Crippen MR) is 52.0 cm³/mol. The number of rotatable bonds is 1. The fourth-order valence-electron chi connectivity index (χ4n) is 1.73. The molecule has 0 atom stereocenters. The van der Waals surface area contributed by atoms with Crippen LogP contribution in [-0.4, -0.2) is 11.6 Å². The Bertz CT molecular complexity index is 308. The fourth-order valence-corrected chi connectivity index (χ4v) is 1.96. The van der Waals surface area contributed by atoms with E-state index in [4.69, 9.17) is 16.3 Å². The lowest BCUT2D eigenvalue weighted by Gasteiger charge is -2.18. The number of ether oxygens (including phenoxy) is 1. The molecule has 1 aliphatic heterocycles. The minimum Gasteiger partial charge on any atom is -0.375 e. The van der Waals surface area contributed by atoms with Crippen molar-refractivity contribution in [3.63, 3.8) is 0 Å². The Labute approximate surface area is 82.9 Å². The van der Waals surface area contributed by atoms with Crippen LogP contribution in [0, 0.1) is 0 Å². The predicted octanol–water partition coefficient (Wildman–Crippen LogP) is 2.37. The maximum absolute atomic E-state index is 5.89. The van der Waals surface area contributed by atoms with Gasteiger partial charge in [-0.2, -0.15) is 0 Å². The van der Waals surface area contributed by atoms with E-state index in [-0.39, 0.29) is 0 Å². The highest BCUT2D eigenvalue weighted by Crippen LogP contribution is 2.22. The van der Waals surface area contributed by atoms with Gasteiger partial charge in [-0.05, 0) is 30.0 Å². The molecule has 0 aliphatic carbocycles. The monoisotopic (exact) mass is 197 g/mol. The van der Waals surface area contributed by atoms with Crippen molar-refractivity contribution in [2.75, 3.05) is 6.61 Å². The van der Waals surface area contributed by atoms with E-state index in [1.807, 2.05) is 6.07 Å². The molecule has 0 unspecified atom stereocenters. The molecule has 0 N–H and O–H groups in total. The van der Waals surface area contributed by atoms with Crippen LogP contribution in [-0.2, 0) is 24.2 Å². The highest BCUT2D eigenvalue weighted by Gasteiger charge is 2.14. The van der Waals surface area contributed by atoms with E-state index in [1.54, 1.807) is 0 Å². The van der Waals surface area contributed by atoms with E-state index in [1.165, 1.54) is 11.1 Å². The summed E-state index contributed by atoms with van der Waals surface area (Å²) in [6.45, 7) is 3.56. The summed E-state index contributed by atoms with van der Waals surface area (Å²) >= 11 is 5.89. The van der Waals surface area contributed by atoms with Crippen molar-refractivity contribution in [3.8, 4) is 0 Å². The van der Waals surface area contributed by atoms with Gasteiger partial charge in [0.2, 0.25) is 0 Å². The second-order valence-corrected chi connectivity index (χ2v) is 3.57. The first kappa shape index (κ1) is 8.97. The summed E-state index contributed by atoms with van der Waals surface area (Å²) in [6, 6.07) is 1.96. The molecular formula is C10H12ClNO. The lowest BCUT2D eigenvalue weighted by atomic mass is 10.0. The van der Waals surface area contributed by atoms with Crippen LogP contribution in [0.25, 0.3) is 0 Å². The zero-order valence-corrected chi connectivity index (χ0v) is 8.40. The minimum absolute atomic E-state index is 0.584. The Hall–Kier alpha value is -0.600. The molecule has 2 nitrogen and oxygen atoms in total. The van der Waals surface area contributed by atoms with Gasteiger partial charge >= 0.3 is 0 Å². The van der Waals surface area contributed by atoms with E-state index in [0.29, 0.717) is 11.8 Å². The number of fused-ring (bicyclic) bond motifs is 1. The smallest absolute Gasteiger partial charge is 0.129 e. The second-order valence-electron chi connectivity index (χ2n) is 3.19. The van der Waals surface area contributed by atoms with Crippen molar-refractivity contribution in [1.82, 2.24) is 4.98 Å². The average Bonchev–Trinajstić information content (AvgIpc) is 2.16. The maximum atomic E-state index is 5.89. The van der Waals surface area contributed by atoms with Crippen molar-refractivity contribution >= 4 is 11.6 Å². The molecule has 70 valence electrons. The fraction of sp³-hybridized carbons (Fsp3) is 0.500. The third kappa shape index (κ3) is 1.69. The number of hydrogen-bond donors (Lipinski definition) is 0. The van der Waals surface area contributed by atoms with Crippen LogP contribution in [0.15, 0.2) is 6.07 Å². The summed E-state index contributed by atoms with van der Waals surface area (Å²) in [4.78, 5) is 4.26. The molecule has 0 saturated heterocycles. The summed E-state index contributed by atoms with van der Waals surface area (Å²) in [7, 11) is 0. The van der Waals surface area contributed by atoms with Crippen LogP contribution in [0.2, 0.25) is 5.15 Å². The normalized spacial score (nSPS) is 15.5. The van der Waals surface area contributed by atoms with E-state index >= 15 is 0 Å². The molecule has 1 aliphatic rings. The molecule has 0 aromatic carbocycles. The number of halogens is 1. The van der Waals surface area contributed by atoms with Crippen molar-refractivity contribution in [2.24, 2.45) is 0 Å². The number of hydrogen-bond acceptors (Lipinski definition) is 2. The Morgan fingerprint density at radius 2 is 2.46 bits per heavy atom. The lowest BCUT2D eigenvalue weighted by Crippen LogP contribution is -2.14. The molecule has 3 heteroatoms. The van der Waals surface area contributed by atoms with Gasteiger partial charge in [-0.1, -0.05) is 18.5 Å². The van der Waals surface area contributed by atoms with Gasteiger partial charge in [0.15, 0.2) is 0 Å². The van der Waals surface area contributed by atoms with Crippen LogP contribution in [0.5, 0.6) is 0 Å². The molecule has 0 spiro atoms. The third-order valence-corrected chi connectivity index (χ3v) is 2.58. The molecular weight excluding hydrogens is 186 g/mol. The number of nitrogens with zero attached hydrogens (tertiary/aromatic N) is 1. The van der Waals surface area contributed by atoms with E-state index < -0.39 is 0 Å².